The summed E-state index contributed by atoms with van der Waals surface area (Å²) in [5.41, 5.74) is 1.31. The van der Waals surface area contributed by atoms with Gasteiger partial charge in [-0.15, -0.1) is 11.8 Å². The second-order valence-corrected chi connectivity index (χ2v) is 7.32. The molecule has 0 aliphatic carbocycles. The Labute approximate surface area is 133 Å². The van der Waals surface area contributed by atoms with Crippen LogP contribution < -0.4 is 5.56 Å². The Bertz CT molecular complexity index is 701. The summed E-state index contributed by atoms with van der Waals surface area (Å²) in [7, 11) is 0. The molecule has 1 aromatic carbocycles. The zero-order valence-corrected chi connectivity index (χ0v) is 13.6. The summed E-state index contributed by atoms with van der Waals surface area (Å²) in [5.74, 6) is 0.939. The molecular formula is C16H17ClN2OS. The Morgan fingerprint density at radius 2 is 2.19 bits per heavy atom. The van der Waals surface area contributed by atoms with Crippen molar-refractivity contribution >= 4 is 23.4 Å². The third-order valence-corrected chi connectivity index (χ3v) is 5.12. The molecular weight excluding hydrogens is 304 g/mol. The van der Waals surface area contributed by atoms with Crippen LogP contribution in [-0.4, -0.2) is 14.8 Å². The van der Waals surface area contributed by atoms with Crippen molar-refractivity contribution in [1.29, 1.82) is 0 Å². The molecule has 1 aliphatic heterocycles. The van der Waals surface area contributed by atoms with Gasteiger partial charge in [0, 0.05) is 28.7 Å². The average molecular weight is 321 g/mol. The molecule has 1 unspecified atom stereocenters. The number of halogens is 1. The first-order valence-corrected chi connectivity index (χ1v) is 8.32. The van der Waals surface area contributed by atoms with E-state index in [-0.39, 0.29) is 16.6 Å². The van der Waals surface area contributed by atoms with E-state index in [1.165, 1.54) is 16.5 Å². The Morgan fingerprint density at radius 1 is 1.43 bits per heavy atom. The molecule has 2 aromatic rings. The summed E-state index contributed by atoms with van der Waals surface area (Å²) in [6.07, 6.45) is 0.993. The van der Waals surface area contributed by atoms with Crippen molar-refractivity contribution in [3.63, 3.8) is 0 Å². The Balaban J connectivity index is 1.89. The minimum Gasteiger partial charge on any atom is -0.295 e. The van der Waals surface area contributed by atoms with E-state index in [1.54, 1.807) is 4.57 Å². The number of thioether (sulfide) groups is 1. The lowest BCUT2D eigenvalue weighted by molar-refractivity contribution is 0.567. The smallest absolute Gasteiger partial charge is 0.255 e. The Morgan fingerprint density at radius 3 is 2.90 bits per heavy atom. The van der Waals surface area contributed by atoms with Gasteiger partial charge < -0.3 is 0 Å². The highest BCUT2D eigenvalue weighted by Gasteiger charge is 2.24. The molecule has 5 heteroatoms. The highest BCUT2D eigenvalue weighted by Crippen LogP contribution is 2.37. The predicted octanol–water partition coefficient (Wildman–Crippen LogP) is 3.74. The van der Waals surface area contributed by atoms with Gasteiger partial charge in [0.1, 0.15) is 11.0 Å². The summed E-state index contributed by atoms with van der Waals surface area (Å²) in [4.78, 5) is 17.9. The molecule has 2 heterocycles. The minimum absolute atomic E-state index is 0.0599. The predicted molar refractivity (Wildman–Crippen MR) is 87.4 cm³/mol. The number of hydrogen-bond acceptors (Lipinski definition) is 3. The van der Waals surface area contributed by atoms with Gasteiger partial charge in [0.15, 0.2) is 0 Å². The first kappa shape index (κ1) is 14.7. The van der Waals surface area contributed by atoms with Crippen LogP contribution in [-0.2, 0) is 13.0 Å². The number of nitrogens with zero attached hydrogens (tertiary/aromatic N) is 2. The van der Waals surface area contributed by atoms with E-state index in [0.717, 1.165) is 12.2 Å². The molecule has 1 aliphatic rings. The van der Waals surface area contributed by atoms with Crippen molar-refractivity contribution in [3.8, 4) is 0 Å². The molecule has 0 saturated carbocycles. The average Bonchev–Trinajstić information content (AvgIpc) is 2.83. The lowest BCUT2D eigenvalue weighted by atomic mass is 10.1. The van der Waals surface area contributed by atoms with E-state index in [1.807, 2.05) is 25.6 Å². The molecule has 1 aromatic heterocycles. The molecule has 1 atom stereocenters. The molecule has 3 rings (SSSR count). The standard InChI is InChI=1S/C16H17ClN2OS/c1-10(2)16-18-14(17)8-15(20)19(16)9-12-7-11-5-3-4-6-13(11)21-12/h3-6,8,10,12H,7,9H2,1-2H3. The monoisotopic (exact) mass is 320 g/mol. The Hall–Kier alpha value is -1.26. The van der Waals surface area contributed by atoms with Gasteiger partial charge >= 0.3 is 0 Å². The van der Waals surface area contributed by atoms with E-state index in [0.29, 0.717) is 11.8 Å². The first-order valence-electron chi connectivity index (χ1n) is 7.06. The SMILES string of the molecule is CC(C)c1nc(Cl)cc(=O)n1CC1Cc2ccccc2S1. The molecule has 0 spiro atoms. The van der Waals surface area contributed by atoms with Gasteiger partial charge in [-0.1, -0.05) is 43.6 Å². The fourth-order valence-corrected chi connectivity index (χ4v) is 4.16. The fourth-order valence-electron chi connectivity index (χ4n) is 2.68. The van der Waals surface area contributed by atoms with Gasteiger partial charge in [0.05, 0.1) is 0 Å². The van der Waals surface area contributed by atoms with Gasteiger partial charge in [0.2, 0.25) is 0 Å². The summed E-state index contributed by atoms with van der Waals surface area (Å²) in [5, 5.41) is 0.655. The molecule has 0 fully saturated rings. The van der Waals surface area contributed by atoms with E-state index < -0.39 is 0 Å². The van der Waals surface area contributed by atoms with Crippen LogP contribution in [0.3, 0.4) is 0 Å². The number of benzene rings is 1. The number of aromatic nitrogens is 2. The van der Waals surface area contributed by atoms with Crippen LogP contribution in [0.4, 0.5) is 0 Å². The second-order valence-electron chi connectivity index (χ2n) is 5.59. The highest BCUT2D eigenvalue weighted by molar-refractivity contribution is 8.00. The molecule has 3 nitrogen and oxygen atoms in total. The molecule has 0 amide bonds. The lowest BCUT2D eigenvalue weighted by Crippen LogP contribution is -2.29. The van der Waals surface area contributed by atoms with Crippen LogP contribution in [0, 0.1) is 0 Å². The summed E-state index contributed by atoms with van der Waals surface area (Å²) < 4.78 is 1.78. The van der Waals surface area contributed by atoms with Crippen molar-refractivity contribution in [2.45, 2.75) is 42.9 Å². The minimum atomic E-state index is -0.0599. The van der Waals surface area contributed by atoms with E-state index in [9.17, 15) is 4.79 Å². The normalized spacial score (nSPS) is 17.2. The van der Waals surface area contributed by atoms with Crippen LogP contribution in [0.5, 0.6) is 0 Å². The highest BCUT2D eigenvalue weighted by atomic mass is 35.5. The van der Waals surface area contributed by atoms with Crippen LogP contribution >= 0.6 is 23.4 Å². The number of fused-ring (bicyclic) bond motifs is 1. The maximum atomic E-state index is 12.3. The maximum absolute atomic E-state index is 12.3. The van der Waals surface area contributed by atoms with Crippen molar-refractivity contribution in [2.75, 3.05) is 0 Å². The molecule has 21 heavy (non-hydrogen) atoms. The summed E-state index contributed by atoms with van der Waals surface area (Å²) in [6.45, 7) is 4.74. The molecule has 0 bridgehead atoms. The van der Waals surface area contributed by atoms with E-state index >= 15 is 0 Å². The third kappa shape index (κ3) is 3.01. The van der Waals surface area contributed by atoms with Gasteiger partial charge in [0.25, 0.3) is 5.56 Å². The molecule has 0 radical (unpaired) electrons. The number of hydrogen-bond donors (Lipinski definition) is 0. The van der Waals surface area contributed by atoms with E-state index in [2.05, 4.69) is 29.2 Å². The second kappa shape index (κ2) is 5.85. The number of rotatable bonds is 3. The van der Waals surface area contributed by atoms with Crippen molar-refractivity contribution < 1.29 is 0 Å². The van der Waals surface area contributed by atoms with Crippen LogP contribution in [0.2, 0.25) is 5.15 Å². The molecule has 110 valence electrons. The molecule has 0 N–H and O–H groups in total. The largest absolute Gasteiger partial charge is 0.295 e. The van der Waals surface area contributed by atoms with Crippen molar-refractivity contribution in [2.24, 2.45) is 0 Å². The van der Waals surface area contributed by atoms with Gasteiger partial charge in [-0.05, 0) is 18.1 Å². The van der Waals surface area contributed by atoms with Crippen LogP contribution in [0.15, 0.2) is 40.0 Å². The van der Waals surface area contributed by atoms with Gasteiger partial charge in [-0.2, -0.15) is 0 Å². The molecule has 0 saturated heterocycles. The quantitative estimate of drug-likeness (QED) is 0.808. The topological polar surface area (TPSA) is 34.9 Å². The zero-order valence-electron chi connectivity index (χ0n) is 12.0. The third-order valence-electron chi connectivity index (χ3n) is 3.62. The van der Waals surface area contributed by atoms with Gasteiger partial charge in [-0.25, -0.2) is 4.98 Å². The lowest BCUT2D eigenvalue weighted by Gasteiger charge is -2.17. The van der Waals surface area contributed by atoms with Crippen LogP contribution in [0.1, 0.15) is 31.2 Å². The van der Waals surface area contributed by atoms with Crippen LogP contribution in [0.25, 0.3) is 0 Å². The summed E-state index contributed by atoms with van der Waals surface area (Å²) >= 11 is 7.77. The maximum Gasteiger partial charge on any atom is 0.255 e. The zero-order chi connectivity index (χ0) is 15.0. The van der Waals surface area contributed by atoms with Crippen molar-refractivity contribution in [1.82, 2.24) is 9.55 Å². The van der Waals surface area contributed by atoms with Gasteiger partial charge in [-0.3, -0.25) is 9.36 Å². The van der Waals surface area contributed by atoms with E-state index in [4.69, 9.17) is 11.6 Å². The summed E-state index contributed by atoms with van der Waals surface area (Å²) in [6, 6.07) is 9.84. The first-order chi connectivity index (χ1) is 10.0. The fraction of sp³-hybridized carbons (Fsp3) is 0.375. The Kier molecular flexibility index (Phi) is 4.09. The van der Waals surface area contributed by atoms with Crippen molar-refractivity contribution in [3.05, 3.63) is 57.2 Å².